The SMILES string of the molecule is Cc1ccc(Br)c(S(=O)(=O)NCCN=C(N)N)c1. The Morgan fingerprint density at radius 1 is 1.44 bits per heavy atom. The van der Waals surface area contributed by atoms with Crippen molar-refractivity contribution in [3.8, 4) is 0 Å². The molecule has 18 heavy (non-hydrogen) atoms. The van der Waals surface area contributed by atoms with Gasteiger partial charge in [-0.2, -0.15) is 0 Å². The second-order valence-electron chi connectivity index (χ2n) is 3.64. The summed E-state index contributed by atoms with van der Waals surface area (Å²) in [7, 11) is -3.56. The van der Waals surface area contributed by atoms with Gasteiger partial charge >= 0.3 is 0 Å². The number of halogens is 1. The van der Waals surface area contributed by atoms with E-state index >= 15 is 0 Å². The van der Waals surface area contributed by atoms with E-state index in [2.05, 4.69) is 25.6 Å². The highest BCUT2D eigenvalue weighted by molar-refractivity contribution is 9.10. The number of nitrogens with one attached hydrogen (secondary N) is 1. The maximum Gasteiger partial charge on any atom is 0.241 e. The zero-order valence-electron chi connectivity index (χ0n) is 9.85. The predicted molar refractivity (Wildman–Crippen MR) is 74.7 cm³/mol. The molecule has 0 radical (unpaired) electrons. The van der Waals surface area contributed by atoms with Crippen molar-refractivity contribution in [2.75, 3.05) is 13.1 Å². The molecule has 0 heterocycles. The fourth-order valence-electron chi connectivity index (χ4n) is 1.26. The second-order valence-corrected chi connectivity index (χ2v) is 6.23. The molecular weight excluding hydrogens is 320 g/mol. The van der Waals surface area contributed by atoms with Crippen molar-refractivity contribution in [2.45, 2.75) is 11.8 Å². The van der Waals surface area contributed by atoms with Crippen LogP contribution in [-0.2, 0) is 10.0 Å². The van der Waals surface area contributed by atoms with Crippen LogP contribution < -0.4 is 16.2 Å². The van der Waals surface area contributed by atoms with Crippen LogP contribution in [0.1, 0.15) is 5.56 Å². The van der Waals surface area contributed by atoms with Crippen LogP contribution in [0.25, 0.3) is 0 Å². The Kier molecular flexibility index (Phi) is 5.12. The minimum atomic E-state index is -3.56. The van der Waals surface area contributed by atoms with Crippen LogP contribution in [-0.4, -0.2) is 27.5 Å². The van der Waals surface area contributed by atoms with Gasteiger partial charge < -0.3 is 11.5 Å². The van der Waals surface area contributed by atoms with Gasteiger partial charge in [-0.1, -0.05) is 6.07 Å². The molecule has 1 aromatic carbocycles. The number of sulfonamides is 1. The lowest BCUT2D eigenvalue weighted by molar-refractivity contribution is 0.581. The van der Waals surface area contributed by atoms with E-state index in [0.717, 1.165) is 5.56 Å². The quantitative estimate of drug-likeness (QED) is 0.408. The lowest BCUT2D eigenvalue weighted by Crippen LogP contribution is -2.29. The summed E-state index contributed by atoms with van der Waals surface area (Å²) >= 11 is 3.21. The Morgan fingerprint density at radius 2 is 2.11 bits per heavy atom. The summed E-state index contributed by atoms with van der Waals surface area (Å²) in [5, 5.41) is 0. The van der Waals surface area contributed by atoms with Crippen LogP contribution in [0, 0.1) is 6.92 Å². The van der Waals surface area contributed by atoms with Crippen molar-refractivity contribution >= 4 is 31.9 Å². The summed E-state index contributed by atoms with van der Waals surface area (Å²) in [6.45, 7) is 2.16. The summed E-state index contributed by atoms with van der Waals surface area (Å²) < 4.78 is 26.9. The lowest BCUT2D eigenvalue weighted by atomic mass is 10.2. The minimum absolute atomic E-state index is 0.0639. The molecule has 6 nitrogen and oxygen atoms in total. The van der Waals surface area contributed by atoms with Crippen LogP contribution in [0.3, 0.4) is 0 Å². The summed E-state index contributed by atoms with van der Waals surface area (Å²) in [5.41, 5.74) is 11.1. The smallest absolute Gasteiger partial charge is 0.241 e. The third kappa shape index (κ3) is 4.28. The zero-order chi connectivity index (χ0) is 13.8. The molecule has 1 aromatic rings. The van der Waals surface area contributed by atoms with Crippen LogP contribution in [0.15, 0.2) is 32.6 Å². The fraction of sp³-hybridized carbons (Fsp3) is 0.300. The Balaban J connectivity index is 2.80. The highest BCUT2D eigenvalue weighted by atomic mass is 79.9. The van der Waals surface area contributed by atoms with E-state index in [-0.39, 0.29) is 23.9 Å². The number of nitrogens with zero attached hydrogens (tertiary/aromatic N) is 1. The topological polar surface area (TPSA) is 111 Å². The molecule has 0 aromatic heterocycles. The van der Waals surface area contributed by atoms with E-state index in [1.807, 2.05) is 13.0 Å². The average molecular weight is 335 g/mol. The van der Waals surface area contributed by atoms with Gasteiger partial charge in [0.05, 0.1) is 11.4 Å². The van der Waals surface area contributed by atoms with Crippen LogP contribution in [0.2, 0.25) is 0 Å². The van der Waals surface area contributed by atoms with Crippen molar-refractivity contribution in [3.63, 3.8) is 0 Å². The molecule has 0 atom stereocenters. The molecule has 0 aliphatic heterocycles. The van der Waals surface area contributed by atoms with Gasteiger partial charge in [0, 0.05) is 11.0 Å². The predicted octanol–water partition coefficient (Wildman–Crippen LogP) is 0.309. The number of benzene rings is 1. The summed E-state index contributed by atoms with van der Waals surface area (Å²) in [6, 6.07) is 5.11. The van der Waals surface area contributed by atoms with Gasteiger partial charge in [0.1, 0.15) is 0 Å². The van der Waals surface area contributed by atoms with E-state index in [0.29, 0.717) is 4.47 Å². The van der Waals surface area contributed by atoms with E-state index in [1.54, 1.807) is 12.1 Å². The Labute approximate surface area is 115 Å². The summed E-state index contributed by atoms with van der Waals surface area (Å²) in [5.74, 6) is -0.0639. The molecule has 0 saturated heterocycles. The van der Waals surface area contributed by atoms with Crippen molar-refractivity contribution < 1.29 is 8.42 Å². The molecule has 0 aliphatic carbocycles. The molecule has 0 unspecified atom stereocenters. The first-order valence-electron chi connectivity index (χ1n) is 5.14. The molecule has 8 heteroatoms. The van der Waals surface area contributed by atoms with E-state index in [1.165, 1.54) is 0 Å². The maximum atomic E-state index is 12.0. The number of hydrogen-bond donors (Lipinski definition) is 3. The first kappa shape index (κ1) is 14.9. The highest BCUT2D eigenvalue weighted by Crippen LogP contribution is 2.22. The van der Waals surface area contributed by atoms with Crippen molar-refractivity contribution in [1.82, 2.24) is 4.72 Å². The lowest BCUT2D eigenvalue weighted by Gasteiger charge is -2.08. The van der Waals surface area contributed by atoms with Crippen LogP contribution >= 0.6 is 15.9 Å². The average Bonchev–Trinajstić information content (AvgIpc) is 2.27. The number of aliphatic imine (C=N–C) groups is 1. The number of aryl methyl sites for hydroxylation is 1. The van der Waals surface area contributed by atoms with Crippen molar-refractivity contribution in [3.05, 3.63) is 28.2 Å². The van der Waals surface area contributed by atoms with Gasteiger partial charge in [0.25, 0.3) is 0 Å². The normalized spacial score (nSPS) is 11.2. The molecule has 0 amide bonds. The molecule has 1 rings (SSSR count). The first-order chi connectivity index (χ1) is 8.33. The van der Waals surface area contributed by atoms with Gasteiger partial charge in [0.15, 0.2) is 5.96 Å². The molecule has 0 aliphatic rings. The molecule has 0 spiro atoms. The molecular formula is C10H15BrN4O2S. The van der Waals surface area contributed by atoms with Crippen molar-refractivity contribution in [2.24, 2.45) is 16.5 Å². The van der Waals surface area contributed by atoms with E-state index in [4.69, 9.17) is 11.5 Å². The standard InChI is InChI=1S/C10H15BrN4O2S/c1-7-2-3-8(11)9(6-7)18(16,17)15-5-4-14-10(12)13/h2-3,6,15H,4-5H2,1H3,(H4,12,13,14). The van der Waals surface area contributed by atoms with Gasteiger partial charge in [-0.3, -0.25) is 4.99 Å². The van der Waals surface area contributed by atoms with E-state index in [9.17, 15) is 8.42 Å². The Morgan fingerprint density at radius 3 is 2.72 bits per heavy atom. The molecule has 0 saturated carbocycles. The van der Waals surface area contributed by atoms with Crippen LogP contribution in [0.5, 0.6) is 0 Å². The fourth-order valence-corrected chi connectivity index (χ4v) is 3.33. The highest BCUT2D eigenvalue weighted by Gasteiger charge is 2.16. The maximum absolute atomic E-state index is 12.0. The summed E-state index contributed by atoms with van der Waals surface area (Å²) in [4.78, 5) is 3.90. The molecule has 0 bridgehead atoms. The Bertz CT molecular complexity index is 553. The van der Waals surface area contributed by atoms with Gasteiger partial charge in [-0.05, 0) is 40.5 Å². The number of rotatable bonds is 5. The second kappa shape index (κ2) is 6.17. The number of guanidine groups is 1. The van der Waals surface area contributed by atoms with Crippen LogP contribution in [0.4, 0.5) is 0 Å². The number of nitrogens with two attached hydrogens (primary N) is 2. The first-order valence-corrected chi connectivity index (χ1v) is 7.42. The minimum Gasteiger partial charge on any atom is -0.370 e. The molecule has 5 N–H and O–H groups in total. The van der Waals surface area contributed by atoms with Crippen molar-refractivity contribution in [1.29, 1.82) is 0 Å². The zero-order valence-corrected chi connectivity index (χ0v) is 12.3. The largest absolute Gasteiger partial charge is 0.370 e. The third-order valence-electron chi connectivity index (χ3n) is 2.07. The van der Waals surface area contributed by atoms with Gasteiger partial charge in [-0.15, -0.1) is 0 Å². The number of hydrogen-bond acceptors (Lipinski definition) is 3. The summed E-state index contributed by atoms with van der Waals surface area (Å²) in [6.07, 6.45) is 0. The van der Waals surface area contributed by atoms with Gasteiger partial charge in [0.2, 0.25) is 10.0 Å². The third-order valence-corrected chi connectivity index (χ3v) is 4.53. The monoisotopic (exact) mass is 334 g/mol. The molecule has 0 fully saturated rings. The Hall–Kier alpha value is -1.12. The van der Waals surface area contributed by atoms with Gasteiger partial charge in [-0.25, -0.2) is 13.1 Å². The van der Waals surface area contributed by atoms with E-state index < -0.39 is 10.0 Å². The molecule has 100 valence electrons.